The molecule has 0 bridgehead atoms. The lowest BCUT2D eigenvalue weighted by atomic mass is 9.75. The van der Waals surface area contributed by atoms with Crippen LogP contribution in [0.4, 0.5) is 0 Å². The molecule has 160 valence electrons. The molecule has 2 rings (SSSR count). The van der Waals surface area contributed by atoms with Crippen LogP contribution in [-0.2, 0) is 28.6 Å². The van der Waals surface area contributed by atoms with Crippen LogP contribution in [-0.4, -0.2) is 48.2 Å². The maximum absolute atomic E-state index is 12.4. The smallest absolute Gasteiger partial charge is 0.405 e. The normalized spacial score (nSPS) is 31.4. The Kier molecular flexibility index (Phi) is 8.10. The summed E-state index contributed by atoms with van der Waals surface area (Å²) in [6.45, 7) is 9.94. The Morgan fingerprint density at radius 1 is 1.29 bits per heavy atom. The molecule has 2 aliphatic rings. The van der Waals surface area contributed by atoms with E-state index in [-0.39, 0.29) is 36.4 Å². The minimum atomic E-state index is -1.000. The summed E-state index contributed by atoms with van der Waals surface area (Å²) < 4.78 is 16.6. The third kappa shape index (κ3) is 5.37. The molecule has 8 heteroatoms. The molecule has 0 aromatic carbocycles. The molecule has 0 aromatic rings. The quantitative estimate of drug-likeness (QED) is 0.268. The average molecular weight is 399 g/mol. The van der Waals surface area contributed by atoms with E-state index in [0.29, 0.717) is 17.8 Å². The van der Waals surface area contributed by atoms with Gasteiger partial charge in [-0.3, -0.25) is 10.0 Å². The number of esters is 2. The lowest BCUT2D eigenvalue weighted by Gasteiger charge is -2.38. The fraction of sp³-hybridized carbons (Fsp3) is 0.850. The summed E-state index contributed by atoms with van der Waals surface area (Å²) in [6, 6.07) is 0. The molecule has 2 fully saturated rings. The first-order valence-electron chi connectivity index (χ1n) is 10.3. The maximum atomic E-state index is 12.4. The van der Waals surface area contributed by atoms with Crippen LogP contribution < -0.4 is 0 Å². The fourth-order valence-electron chi connectivity index (χ4n) is 4.08. The molecule has 1 saturated carbocycles. The minimum absolute atomic E-state index is 0.0784. The van der Waals surface area contributed by atoms with Crippen LogP contribution in [0.2, 0.25) is 0 Å². The highest BCUT2D eigenvalue weighted by atomic mass is 16.9. The van der Waals surface area contributed by atoms with E-state index >= 15 is 0 Å². The number of hydrogen-bond donors (Lipinski definition) is 0. The van der Waals surface area contributed by atoms with E-state index in [1.54, 1.807) is 13.8 Å². The van der Waals surface area contributed by atoms with Crippen LogP contribution in [0, 0.1) is 28.9 Å². The van der Waals surface area contributed by atoms with Gasteiger partial charge in [-0.05, 0) is 37.5 Å². The Labute approximate surface area is 166 Å². The second-order valence-electron chi connectivity index (χ2n) is 7.95. The molecule has 0 amide bonds. The summed E-state index contributed by atoms with van der Waals surface area (Å²) in [7, 11) is 0. The molecule has 1 aliphatic heterocycles. The predicted molar refractivity (Wildman–Crippen MR) is 101 cm³/mol. The van der Waals surface area contributed by atoms with Crippen LogP contribution >= 0.6 is 0 Å². The number of hydrogen-bond acceptors (Lipinski definition) is 7. The van der Waals surface area contributed by atoms with Crippen molar-refractivity contribution in [1.29, 1.82) is 0 Å². The zero-order chi connectivity index (χ0) is 20.8. The highest BCUT2D eigenvalue weighted by Crippen LogP contribution is 2.38. The van der Waals surface area contributed by atoms with Gasteiger partial charge >= 0.3 is 17.7 Å². The van der Waals surface area contributed by atoms with Crippen molar-refractivity contribution in [1.82, 2.24) is 0 Å². The molecule has 5 atom stereocenters. The Morgan fingerprint density at radius 3 is 2.61 bits per heavy atom. The van der Waals surface area contributed by atoms with E-state index in [2.05, 4.69) is 20.8 Å². The van der Waals surface area contributed by atoms with Crippen molar-refractivity contribution in [2.45, 2.75) is 72.7 Å². The molecule has 0 radical (unpaired) electrons. The van der Waals surface area contributed by atoms with Crippen molar-refractivity contribution in [3.05, 3.63) is 5.21 Å². The fourth-order valence-corrected chi connectivity index (χ4v) is 4.08. The molecule has 0 spiro atoms. The van der Waals surface area contributed by atoms with Crippen molar-refractivity contribution in [2.75, 3.05) is 13.2 Å². The van der Waals surface area contributed by atoms with Gasteiger partial charge in [-0.1, -0.05) is 34.1 Å². The van der Waals surface area contributed by atoms with Crippen LogP contribution in [0.5, 0.6) is 0 Å². The molecule has 1 aliphatic carbocycles. The Balaban J connectivity index is 2.27. The van der Waals surface area contributed by atoms with Crippen LogP contribution in [0.1, 0.15) is 60.3 Å². The van der Waals surface area contributed by atoms with Crippen molar-refractivity contribution in [3.8, 4) is 0 Å². The van der Waals surface area contributed by atoms with Crippen molar-refractivity contribution in [3.63, 3.8) is 0 Å². The topological polar surface area (TPSA) is 97.1 Å². The van der Waals surface area contributed by atoms with Gasteiger partial charge in [0.05, 0.1) is 25.7 Å². The number of ether oxygens (including phenoxy) is 3. The van der Waals surface area contributed by atoms with Gasteiger partial charge in [0.25, 0.3) is 0 Å². The monoisotopic (exact) mass is 399 g/mol. The number of carbonyl (C=O) groups excluding carboxylic acids is 2. The van der Waals surface area contributed by atoms with E-state index in [0.717, 1.165) is 19.3 Å². The average Bonchev–Trinajstić information content (AvgIpc) is 2.95. The predicted octanol–water partition coefficient (Wildman–Crippen LogP) is 2.82. The zero-order valence-corrected chi connectivity index (χ0v) is 17.5. The van der Waals surface area contributed by atoms with E-state index in [1.807, 2.05) is 0 Å². The van der Waals surface area contributed by atoms with E-state index in [9.17, 15) is 14.8 Å². The van der Waals surface area contributed by atoms with Crippen LogP contribution in [0.3, 0.4) is 0 Å². The highest BCUT2D eigenvalue weighted by molar-refractivity contribution is 6.35. The van der Waals surface area contributed by atoms with Gasteiger partial charge < -0.3 is 19.0 Å². The summed E-state index contributed by atoms with van der Waals surface area (Å²) in [4.78, 5) is 29.5. The lowest BCUT2D eigenvalue weighted by molar-refractivity contribution is -0.741. The molecule has 1 saturated heterocycles. The second-order valence-corrected chi connectivity index (χ2v) is 7.95. The maximum Gasteiger partial charge on any atom is 0.405 e. The third-order valence-electron chi connectivity index (χ3n) is 5.51. The molecular weight excluding hydrogens is 366 g/mol. The van der Waals surface area contributed by atoms with Gasteiger partial charge in [0.15, 0.2) is 0 Å². The largest absolute Gasteiger partial charge is 0.458 e. The third-order valence-corrected chi connectivity index (χ3v) is 5.51. The first kappa shape index (κ1) is 22.5. The van der Waals surface area contributed by atoms with Crippen molar-refractivity contribution < 1.29 is 33.5 Å². The van der Waals surface area contributed by atoms with E-state index in [1.165, 1.54) is 0 Å². The molecule has 28 heavy (non-hydrogen) atoms. The Hall–Kier alpha value is -1.83. The van der Waals surface area contributed by atoms with Crippen LogP contribution in [0.15, 0.2) is 0 Å². The van der Waals surface area contributed by atoms with Crippen molar-refractivity contribution >= 4 is 17.7 Å². The summed E-state index contributed by atoms with van der Waals surface area (Å²) in [6.07, 6.45) is 1.80. The summed E-state index contributed by atoms with van der Waals surface area (Å²) >= 11 is 0. The number of nitrogens with zero attached hydrogens (tertiary/aromatic N) is 1. The zero-order valence-electron chi connectivity index (χ0n) is 17.5. The lowest BCUT2D eigenvalue weighted by Crippen LogP contribution is -2.43. The molecule has 1 heterocycles. The second kappa shape index (κ2) is 10.1. The number of cyclic esters (lactones) is 1. The standard InChI is InChI=1S/C20H33NO7/c1-6-25-19(23)18(21(24)26-7-2)15-11-17(22)28-20(15)27-16-10-13(5)8-9-14(16)12(3)4/h12-16,20H,6-11H2,1-5H3/b21-18-/t13-,14+,15+,16-,20+/m0/s1. The van der Waals surface area contributed by atoms with Crippen LogP contribution in [0.25, 0.3) is 0 Å². The summed E-state index contributed by atoms with van der Waals surface area (Å²) in [5.41, 5.74) is -0.287. The van der Waals surface area contributed by atoms with Gasteiger partial charge in [-0.15, -0.1) is 0 Å². The Morgan fingerprint density at radius 2 is 2.00 bits per heavy atom. The van der Waals surface area contributed by atoms with Gasteiger partial charge in [0.2, 0.25) is 6.29 Å². The SMILES string of the molecule is CCOC(=O)/C([C@H]1CC(=O)O[C@H]1O[C@H]1C[C@@H](C)CC[C@@H]1C(C)C)=[N+](/[O-])OCC. The van der Waals surface area contributed by atoms with Gasteiger partial charge in [-0.2, -0.15) is 0 Å². The van der Waals surface area contributed by atoms with Gasteiger partial charge in [0.1, 0.15) is 5.92 Å². The van der Waals surface area contributed by atoms with Crippen molar-refractivity contribution in [2.24, 2.45) is 23.7 Å². The first-order valence-corrected chi connectivity index (χ1v) is 10.3. The van der Waals surface area contributed by atoms with Gasteiger partial charge in [0, 0.05) is 4.90 Å². The molecule has 8 nitrogen and oxygen atoms in total. The number of carbonyl (C=O) groups is 2. The molecule has 0 unspecified atom stereocenters. The minimum Gasteiger partial charge on any atom is -0.458 e. The molecule has 0 aromatic heterocycles. The molecule has 0 N–H and O–H groups in total. The summed E-state index contributed by atoms with van der Waals surface area (Å²) in [5, 5.41) is 12.3. The van der Waals surface area contributed by atoms with E-state index in [4.69, 9.17) is 19.0 Å². The van der Waals surface area contributed by atoms with Gasteiger partial charge in [-0.25, -0.2) is 4.79 Å². The first-order chi connectivity index (χ1) is 13.3. The number of rotatable bonds is 8. The molecular formula is C20H33NO7. The van der Waals surface area contributed by atoms with E-state index < -0.39 is 24.1 Å². The summed E-state index contributed by atoms with van der Waals surface area (Å²) in [5.74, 6) is -0.936. The Bertz CT molecular complexity index is 589. The highest BCUT2D eigenvalue weighted by Gasteiger charge is 2.50.